The first-order valence-electron chi connectivity index (χ1n) is 2.43. The number of carbonyl (C=O) groups is 3. The van der Waals surface area contributed by atoms with Crippen LogP contribution in [0.5, 0.6) is 0 Å². The molecule has 0 aromatic rings. The Kier molecular flexibility index (Phi) is 3.91. The summed E-state index contributed by atoms with van der Waals surface area (Å²) in [4.78, 5) is 30.6. The van der Waals surface area contributed by atoms with Gasteiger partial charge in [-0.05, 0) is 0 Å². The molecule has 0 radical (unpaired) electrons. The Bertz CT molecular complexity index is 174. The van der Waals surface area contributed by atoms with Gasteiger partial charge in [0.05, 0.1) is 0 Å². The maximum absolute atomic E-state index is 10.5. The van der Waals surface area contributed by atoms with E-state index in [0.29, 0.717) is 0 Å². The van der Waals surface area contributed by atoms with E-state index in [4.69, 9.17) is 5.11 Å². The van der Waals surface area contributed by atoms with E-state index >= 15 is 0 Å². The number of carbonyl (C=O) groups excluding carboxylic acids is 2. The van der Waals surface area contributed by atoms with Crippen molar-refractivity contribution in [3.8, 4) is 0 Å². The molecular weight excluding hydrogens is 203 g/mol. The fraction of sp³-hybridized carbons (Fsp3) is 0.400. The predicted molar refractivity (Wildman–Crippen MR) is 33.9 cm³/mol. The van der Waals surface area contributed by atoms with E-state index in [1.54, 1.807) is 0 Å². The molecule has 0 aliphatic rings. The van der Waals surface area contributed by atoms with E-state index in [1.807, 2.05) is 0 Å². The first-order valence-corrected chi connectivity index (χ1v) is 4.50. The van der Waals surface area contributed by atoms with Crippen LogP contribution in [0, 0.1) is 0 Å². The Morgan fingerprint density at radius 1 is 1.40 bits per heavy atom. The van der Waals surface area contributed by atoms with Crippen molar-refractivity contribution in [3.05, 3.63) is 0 Å². The van der Waals surface area contributed by atoms with Crippen LogP contribution in [0.25, 0.3) is 0 Å². The number of Topliss-reactive ketones (excluding diaryl/α,β-unsaturated/α-hetero) is 1. The van der Waals surface area contributed by atoms with Gasteiger partial charge in [0.15, 0.2) is 0 Å². The molecule has 5 heteroatoms. The third-order valence-corrected chi connectivity index (χ3v) is 2.59. The van der Waals surface area contributed by atoms with Gasteiger partial charge in [-0.25, -0.2) is 0 Å². The number of hydrogen-bond donors (Lipinski definition) is 1. The van der Waals surface area contributed by atoms with Gasteiger partial charge in [-0.2, -0.15) is 0 Å². The molecule has 0 atom stereocenters. The summed E-state index contributed by atoms with van der Waals surface area (Å²) >= 11 is -0.711. The number of carboxylic acid groups (broad SMARTS) is 1. The molecule has 0 saturated carbocycles. The fourth-order valence-corrected chi connectivity index (χ4v) is 1.19. The summed E-state index contributed by atoms with van der Waals surface area (Å²) in [5.74, 6) is -1.59. The average molecular weight is 209 g/mol. The Morgan fingerprint density at radius 2 is 1.90 bits per heavy atom. The van der Waals surface area contributed by atoms with Gasteiger partial charge in [0.2, 0.25) is 0 Å². The molecule has 0 unspecified atom stereocenters. The van der Waals surface area contributed by atoms with Crippen molar-refractivity contribution in [2.24, 2.45) is 0 Å². The Labute approximate surface area is 63.8 Å². The van der Waals surface area contributed by atoms with Crippen LogP contribution in [-0.4, -0.2) is 36.5 Å². The monoisotopic (exact) mass is 210 g/mol. The topological polar surface area (TPSA) is 71.4 Å². The summed E-state index contributed by atoms with van der Waals surface area (Å²) in [6.07, 6.45) is 0. The molecule has 0 aromatic carbocycles. The van der Waals surface area contributed by atoms with E-state index in [2.05, 4.69) is 0 Å². The molecule has 0 amide bonds. The molecule has 1 N–H and O–H groups in total. The number of carboxylic acids is 1. The van der Waals surface area contributed by atoms with E-state index in [0.717, 1.165) is 6.92 Å². The minimum atomic E-state index is -1.03. The number of ketones is 1. The second-order valence-electron chi connectivity index (χ2n) is 1.53. The molecule has 56 valence electrons. The Balaban J connectivity index is 3.60. The van der Waals surface area contributed by atoms with Crippen molar-refractivity contribution in [1.29, 1.82) is 0 Å². The normalized spacial score (nSPS) is 8.90. The van der Waals surface area contributed by atoms with Crippen LogP contribution in [0.3, 0.4) is 0 Å². The number of aliphatic carboxylic acids is 1. The van der Waals surface area contributed by atoms with Crippen LogP contribution in [0.2, 0.25) is 5.32 Å². The predicted octanol–water partition coefficient (Wildman–Crippen LogP) is -0.691. The van der Waals surface area contributed by atoms with Crippen molar-refractivity contribution in [2.75, 3.05) is 0 Å². The molecule has 4 nitrogen and oxygen atoms in total. The first-order chi connectivity index (χ1) is 4.54. The number of hydrogen-bond acceptors (Lipinski definition) is 3. The van der Waals surface area contributed by atoms with Crippen molar-refractivity contribution in [2.45, 2.75) is 12.2 Å². The van der Waals surface area contributed by atoms with Crippen LogP contribution < -0.4 is 0 Å². The molecular formula is C5H6O4Se. The van der Waals surface area contributed by atoms with E-state index in [-0.39, 0.29) is 5.32 Å². The molecule has 0 heterocycles. The zero-order valence-electron chi connectivity index (χ0n) is 5.29. The van der Waals surface area contributed by atoms with Crippen molar-refractivity contribution in [1.82, 2.24) is 0 Å². The SMILES string of the molecule is CC(=O)C(=O)[Se]CC(=O)O. The van der Waals surface area contributed by atoms with Gasteiger partial charge in [-0.3, -0.25) is 0 Å². The molecule has 0 bridgehead atoms. The summed E-state index contributed by atoms with van der Waals surface area (Å²) in [5, 5.41) is 7.89. The van der Waals surface area contributed by atoms with Gasteiger partial charge in [0.25, 0.3) is 0 Å². The molecule has 0 rings (SSSR count). The Morgan fingerprint density at radius 3 is 2.20 bits per heavy atom. The summed E-state index contributed by atoms with van der Waals surface area (Å²) < 4.78 is -0.560. The third-order valence-electron chi connectivity index (χ3n) is 0.614. The maximum atomic E-state index is 10.5. The molecule has 0 aromatic heterocycles. The van der Waals surface area contributed by atoms with Gasteiger partial charge in [0, 0.05) is 0 Å². The van der Waals surface area contributed by atoms with Gasteiger partial charge in [0.1, 0.15) is 0 Å². The fourth-order valence-electron chi connectivity index (χ4n) is 0.229. The zero-order valence-corrected chi connectivity index (χ0v) is 7.00. The van der Waals surface area contributed by atoms with E-state index in [1.165, 1.54) is 0 Å². The minimum absolute atomic E-state index is 0.203. The van der Waals surface area contributed by atoms with Gasteiger partial charge in [-0.15, -0.1) is 0 Å². The van der Waals surface area contributed by atoms with Gasteiger partial charge < -0.3 is 0 Å². The number of rotatable bonds is 4. The molecule has 0 spiro atoms. The summed E-state index contributed by atoms with van der Waals surface area (Å²) in [5.41, 5.74) is 0. The van der Waals surface area contributed by atoms with Crippen molar-refractivity contribution in [3.63, 3.8) is 0 Å². The third kappa shape index (κ3) is 4.23. The molecule has 0 saturated heterocycles. The van der Waals surface area contributed by atoms with Crippen LogP contribution in [0.4, 0.5) is 0 Å². The van der Waals surface area contributed by atoms with Crippen LogP contribution in [0.15, 0.2) is 0 Å². The van der Waals surface area contributed by atoms with Crippen LogP contribution >= 0.6 is 0 Å². The molecule has 0 fully saturated rings. The molecule has 10 heavy (non-hydrogen) atoms. The van der Waals surface area contributed by atoms with Crippen molar-refractivity contribution < 1.29 is 19.5 Å². The molecule has 0 aliphatic heterocycles. The summed E-state index contributed by atoms with van der Waals surface area (Å²) in [6.45, 7) is 1.14. The molecule has 0 aliphatic carbocycles. The van der Waals surface area contributed by atoms with Crippen molar-refractivity contribution >= 4 is 31.4 Å². The van der Waals surface area contributed by atoms with Crippen LogP contribution in [-0.2, 0) is 14.4 Å². The standard InChI is InChI=1S/C5H6O4Se/c1-3(6)5(9)10-2-4(7)8/h2H2,1H3,(H,7,8). The van der Waals surface area contributed by atoms with E-state index in [9.17, 15) is 14.4 Å². The average Bonchev–Trinajstić information content (AvgIpc) is 1.82. The summed E-state index contributed by atoms with van der Waals surface area (Å²) in [7, 11) is 0. The van der Waals surface area contributed by atoms with Gasteiger partial charge in [-0.1, -0.05) is 0 Å². The quantitative estimate of drug-likeness (QED) is 0.491. The second kappa shape index (κ2) is 4.19. The van der Waals surface area contributed by atoms with Gasteiger partial charge >= 0.3 is 63.1 Å². The zero-order chi connectivity index (χ0) is 8.15. The summed E-state index contributed by atoms with van der Waals surface area (Å²) in [6, 6.07) is 0. The Hall–Kier alpha value is -0.671. The second-order valence-corrected chi connectivity index (χ2v) is 3.52. The van der Waals surface area contributed by atoms with Crippen LogP contribution in [0.1, 0.15) is 6.92 Å². The first kappa shape index (κ1) is 9.33. The van der Waals surface area contributed by atoms with E-state index < -0.39 is 31.4 Å².